The molecule has 1 aliphatic carbocycles. The number of ether oxygens (including phenoxy) is 1. The van der Waals surface area contributed by atoms with Crippen LogP contribution in [0.1, 0.15) is 43.7 Å². The average Bonchev–Trinajstić information content (AvgIpc) is 3.48. The van der Waals surface area contributed by atoms with Crippen molar-refractivity contribution in [3.05, 3.63) is 88.9 Å². The molecule has 1 fully saturated rings. The topological polar surface area (TPSA) is 96.0 Å². The Bertz CT molecular complexity index is 1440. The van der Waals surface area contributed by atoms with E-state index in [2.05, 4.69) is 5.32 Å². The van der Waals surface area contributed by atoms with Gasteiger partial charge in [-0.05, 0) is 80.8 Å². The van der Waals surface area contributed by atoms with E-state index in [1.165, 1.54) is 29.2 Å². The van der Waals surface area contributed by atoms with Gasteiger partial charge in [0.25, 0.3) is 10.0 Å². The monoisotopic (exact) mass is 597 g/mol. The first-order chi connectivity index (χ1) is 19.6. The van der Waals surface area contributed by atoms with Crippen LogP contribution >= 0.6 is 11.6 Å². The molecule has 4 rings (SSSR count). The van der Waals surface area contributed by atoms with Crippen LogP contribution in [0.2, 0.25) is 5.02 Å². The van der Waals surface area contributed by atoms with Gasteiger partial charge in [-0.25, -0.2) is 8.42 Å². The molecule has 3 aromatic rings. The van der Waals surface area contributed by atoms with Gasteiger partial charge in [0.15, 0.2) is 0 Å². The van der Waals surface area contributed by atoms with Gasteiger partial charge >= 0.3 is 0 Å². The Morgan fingerprint density at radius 2 is 1.59 bits per heavy atom. The van der Waals surface area contributed by atoms with Crippen molar-refractivity contribution in [2.24, 2.45) is 0 Å². The zero-order valence-corrected chi connectivity index (χ0v) is 25.1. The van der Waals surface area contributed by atoms with E-state index in [1.807, 2.05) is 19.1 Å². The number of benzene rings is 3. The van der Waals surface area contributed by atoms with Crippen LogP contribution in [0.25, 0.3) is 0 Å². The second-order valence-electron chi connectivity index (χ2n) is 10.3. The predicted molar refractivity (Wildman–Crippen MR) is 161 cm³/mol. The number of carbonyl (C=O) groups excluding carboxylic acids is 2. The number of rotatable bonds is 11. The van der Waals surface area contributed by atoms with Crippen LogP contribution in [0.5, 0.6) is 5.75 Å². The van der Waals surface area contributed by atoms with Crippen LogP contribution < -0.4 is 14.4 Å². The molecule has 0 spiro atoms. The summed E-state index contributed by atoms with van der Waals surface area (Å²) in [7, 11) is -2.58. The van der Waals surface area contributed by atoms with Gasteiger partial charge in [-0.1, -0.05) is 54.3 Å². The minimum atomic E-state index is -4.15. The van der Waals surface area contributed by atoms with Crippen molar-refractivity contribution in [1.29, 1.82) is 0 Å². The Hall–Kier alpha value is -3.56. The van der Waals surface area contributed by atoms with Gasteiger partial charge in [-0.15, -0.1) is 0 Å². The summed E-state index contributed by atoms with van der Waals surface area (Å²) in [6.45, 7) is 3.19. The fraction of sp³-hybridized carbons (Fsp3) is 0.355. The van der Waals surface area contributed by atoms with Crippen molar-refractivity contribution in [2.45, 2.75) is 63.1 Å². The molecule has 10 heteroatoms. The second kappa shape index (κ2) is 13.4. The molecule has 0 heterocycles. The molecule has 1 aliphatic rings. The highest BCUT2D eigenvalue weighted by atomic mass is 35.5. The van der Waals surface area contributed by atoms with E-state index >= 15 is 0 Å². The Kier molecular flexibility index (Phi) is 9.94. The van der Waals surface area contributed by atoms with Crippen LogP contribution in [0.15, 0.2) is 77.7 Å². The molecule has 3 aromatic carbocycles. The number of hydrogen-bond acceptors (Lipinski definition) is 5. The number of halogens is 1. The largest absolute Gasteiger partial charge is 0.497 e. The Labute approximate surface area is 247 Å². The smallest absolute Gasteiger partial charge is 0.264 e. The Balaban J connectivity index is 1.67. The summed E-state index contributed by atoms with van der Waals surface area (Å²) in [5.41, 5.74) is 2.07. The molecule has 1 N–H and O–H groups in total. The standard InChI is InChI=1S/C31H36ClN3O5S/c1-22-8-14-27(15-9-22)35(41(38,39)29-18-12-25(32)13-19-29)21-30(36)34(20-24-10-16-28(40-3)17-11-24)23(2)31(37)33-26-6-4-5-7-26/h8-19,23,26H,4-7,20-21H2,1-3H3,(H,33,37). The van der Waals surface area contributed by atoms with E-state index in [9.17, 15) is 18.0 Å². The third-order valence-electron chi connectivity index (χ3n) is 7.38. The molecule has 0 bridgehead atoms. The van der Waals surface area contributed by atoms with E-state index in [0.29, 0.717) is 16.5 Å². The first-order valence-corrected chi connectivity index (χ1v) is 15.5. The number of sulfonamides is 1. The summed E-state index contributed by atoms with van der Waals surface area (Å²) in [6.07, 6.45) is 3.93. The molecule has 1 atom stereocenters. The highest BCUT2D eigenvalue weighted by molar-refractivity contribution is 7.92. The lowest BCUT2D eigenvalue weighted by Crippen LogP contribution is -2.52. The molecule has 0 saturated heterocycles. The number of anilines is 1. The molecule has 0 aromatic heterocycles. The maximum Gasteiger partial charge on any atom is 0.264 e. The normalized spacial score (nSPS) is 14.3. The summed E-state index contributed by atoms with van der Waals surface area (Å²) in [5, 5.41) is 3.47. The molecule has 1 saturated carbocycles. The third kappa shape index (κ3) is 7.59. The van der Waals surface area contributed by atoms with E-state index in [0.717, 1.165) is 41.1 Å². The van der Waals surface area contributed by atoms with Crippen LogP contribution in [0, 0.1) is 6.92 Å². The van der Waals surface area contributed by atoms with Crippen molar-refractivity contribution in [3.8, 4) is 5.75 Å². The van der Waals surface area contributed by atoms with E-state index in [-0.39, 0.29) is 23.4 Å². The summed E-state index contributed by atoms with van der Waals surface area (Å²) in [4.78, 5) is 28.8. The number of nitrogens with one attached hydrogen (secondary N) is 1. The number of aryl methyl sites for hydroxylation is 1. The van der Waals surface area contributed by atoms with Gasteiger partial charge in [0.1, 0.15) is 18.3 Å². The summed E-state index contributed by atoms with van der Waals surface area (Å²) >= 11 is 6.01. The first-order valence-electron chi connectivity index (χ1n) is 13.7. The minimum Gasteiger partial charge on any atom is -0.497 e. The van der Waals surface area contributed by atoms with Crippen LogP contribution in [-0.2, 0) is 26.2 Å². The maximum absolute atomic E-state index is 14.0. The van der Waals surface area contributed by atoms with Gasteiger partial charge in [-0.3, -0.25) is 13.9 Å². The van der Waals surface area contributed by atoms with Gasteiger partial charge in [0, 0.05) is 17.6 Å². The average molecular weight is 598 g/mol. The number of carbonyl (C=O) groups is 2. The van der Waals surface area contributed by atoms with Gasteiger partial charge in [0.2, 0.25) is 11.8 Å². The van der Waals surface area contributed by atoms with Crippen molar-refractivity contribution in [1.82, 2.24) is 10.2 Å². The quantitative estimate of drug-likeness (QED) is 0.322. The highest BCUT2D eigenvalue weighted by Gasteiger charge is 2.33. The summed E-state index contributed by atoms with van der Waals surface area (Å²) in [5.74, 6) is -0.104. The Morgan fingerprint density at radius 1 is 0.976 bits per heavy atom. The zero-order valence-electron chi connectivity index (χ0n) is 23.5. The predicted octanol–water partition coefficient (Wildman–Crippen LogP) is 5.33. The lowest BCUT2D eigenvalue weighted by molar-refractivity contribution is -0.139. The SMILES string of the molecule is COc1ccc(CN(C(=O)CN(c2ccc(C)cc2)S(=O)(=O)c2ccc(Cl)cc2)C(C)C(=O)NC2CCCC2)cc1. The lowest BCUT2D eigenvalue weighted by Gasteiger charge is -2.32. The second-order valence-corrected chi connectivity index (χ2v) is 12.6. The number of hydrogen-bond donors (Lipinski definition) is 1. The van der Waals surface area contributed by atoms with Crippen LogP contribution in [0.3, 0.4) is 0 Å². The number of methoxy groups -OCH3 is 1. The van der Waals surface area contributed by atoms with E-state index in [1.54, 1.807) is 50.4 Å². The van der Waals surface area contributed by atoms with Gasteiger partial charge < -0.3 is 15.0 Å². The number of nitrogens with zero attached hydrogens (tertiary/aromatic N) is 2. The van der Waals surface area contributed by atoms with Crippen molar-refractivity contribution >= 4 is 39.1 Å². The molecular formula is C31H36ClN3O5S. The summed E-state index contributed by atoms with van der Waals surface area (Å²) < 4.78 is 34.1. The van der Waals surface area contributed by atoms with Gasteiger partial charge in [0.05, 0.1) is 17.7 Å². The number of amides is 2. The molecular weight excluding hydrogens is 562 g/mol. The molecule has 41 heavy (non-hydrogen) atoms. The maximum atomic E-state index is 14.0. The summed E-state index contributed by atoms with van der Waals surface area (Å²) in [6, 6.07) is 19.2. The van der Waals surface area contributed by atoms with Crippen LogP contribution in [-0.4, -0.2) is 50.9 Å². The fourth-order valence-corrected chi connectivity index (χ4v) is 6.42. The van der Waals surface area contributed by atoms with Crippen LogP contribution in [0.4, 0.5) is 5.69 Å². The Morgan fingerprint density at radius 3 is 2.17 bits per heavy atom. The van der Waals surface area contributed by atoms with E-state index < -0.39 is 28.5 Å². The molecule has 1 unspecified atom stereocenters. The van der Waals surface area contributed by atoms with Gasteiger partial charge in [-0.2, -0.15) is 0 Å². The van der Waals surface area contributed by atoms with Crippen molar-refractivity contribution < 1.29 is 22.7 Å². The third-order valence-corrected chi connectivity index (χ3v) is 9.42. The van der Waals surface area contributed by atoms with E-state index in [4.69, 9.17) is 16.3 Å². The first kappa shape index (κ1) is 30.4. The molecule has 0 radical (unpaired) electrons. The molecule has 0 aliphatic heterocycles. The molecule has 218 valence electrons. The zero-order chi connectivity index (χ0) is 29.6. The lowest BCUT2D eigenvalue weighted by atomic mass is 10.1. The van der Waals surface area contributed by atoms with Crippen molar-refractivity contribution in [3.63, 3.8) is 0 Å². The fourth-order valence-electron chi connectivity index (χ4n) is 4.88. The van der Waals surface area contributed by atoms with Crippen molar-refractivity contribution in [2.75, 3.05) is 18.0 Å². The molecule has 2 amide bonds. The molecule has 8 nitrogen and oxygen atoms in total. The highest BCUT2D eigenvalue weighted by Crippen LogP contribution is 2.26. The minimum absolute atomic E-state index is 0.00371.